The van der Waals surface area contributed by atoms with E-state index in [1.807, 2.05) is 36.2 Å². The summed E-state index contributed by atoms with van der Waals surface area (Å²) in [6.45, 7) is 3.90. The number of nitrogens with zero attached hydrogens (tertiary/aromatic N) is 1. The number of hydrogen-bond acceptors (Lipinski definition) is 3. The third-order valence-electron chi connectivity index (χ3n) is 4.17. The zero-order chi connectivity index (χ0) is 14.5. The highest BCUT2D eigenvalue weighted by Crippen LogP contribution is 2.24. The lowest BCUT2D eigenvalue weighted by Crippen LogP contribution is -2.42. The van der Waals surface area contributed by atoms with Gasteiger partial charge in [0.2, 0.25) is 5.91 Å². The smallest absolute Gasteiger partial charge is 0.227 e. The number of carbonyl (C=O) groups excluding carboxylic acids is 1. The molecule has 1 aliphatic heterocycles. The van der Waals surface area contributed by atoms with Gasteiger partial charge in [-0.15, -0.1) is 12.4 Å². The number of methoxy groups -OCH3 is 1. The van der Waals surface area contributed by atoms with E-state index in [4.69, 9.17) is 4.74 Å². The number of ether oxygens (including phenoxy) is 1. The van der Waals surface area contributed by atoms with Gasteiger partial charge in [-0.05, 0) is 44.0 Å². The van der Waals surface area contributed by atoms with Crippen LogP contribution in [0.25, 0.3) is 0 Å². The highest BCUT2D eigenvalue weighted by Gasteiger charge is 2.26. The Morgan fingerprint density at radius 2 is 2.05 bits per heavy atom. The van der Waals surface area contributed by atoms with Crippen molar-refractivity contribution < 1.29 is 9.53 Å². The van der Waals surface area contributed by atoms with Gasteiger partial charge in [0.1, 0.15) is 5.75 Å². The molecule has 2 atom stereocenters. The third kappa shape index (κ3) is 4.35. The molecule has 0 aliphatic carbocycles. The van der Waals surface area contributed by atoms with Gasteiger partial charge in [-0.3, -0.25) is 4.79 Å². The maximum absolute atomic E-state index is 12.5. The Bertz CT molecular complexity index is 444. The fourth-order valence-corrected chi connectivity index (χ4v) is 2.65. The third-order valence-corrected chi connectivity index (χ3v) is 4.17. The lowest BCUT2D eigenvalue weighted by Gasteiger charge is -2.31. The van der Waals surface area contributed by atoms with Crippen LogP contribution in [0.1, 0.15) is 31.4 Å². The van der Waals surface area contributed by atoms with Gasteiger partial charge in [-0.2, -0.15) is 0 Å². The first-order valence-corrected chi connectivity index (χ1v) is 7.25. The van der Waals surface area contributed by atoms with Crippen molar-refractivity contribution in [3.8, 4) is 5.75 Å². The molecule has 2 unspecified atom stereocenters. The molecular weight excluding hydrogens is 288 g/mol. The number of piperidine rings is 1. The van der Waals surface area contributed by atoms with E-state index in [1.165, 1.54) is 0 Å². The van der Waals surface area contributed by atoms with E-state index in [2.05, 4.69) is 12.2 Å². The van der Waals surface area contributed by atoms with Crippen LogP contribution in [-0.4, -0.2) is 38.1 Å². The predicted molar refractivity (Wildman–Crippen MR) is 87.0 cm³/mol. The fraction of sp³-hybridized carbons (Fsp3) is 0.562. The van der Waals surface area contributed by atoms with Crippen LogP contribution in [0.3, 0.4) is 0 Å². The summed E-state index contributed by atoms with van der Waals surface area (Å²) in [5.41, 5.74) is 1.13. The summed E-state index contributed by atoms with van der Waals surface area (Å²) in [7, 11) is 3.55. The van der Waals surface area contributed by atoms with Gasteiger partial charge < -0.3 is 15.0 Å². The van der Waals surface area contributed by atoms with Crippen molar-refractivity contribution in [2.24, 2.45) is 5.92 Å². The molecule has 4 nitrogen and oxygen atoms in total. The standard InChI is InChI=1S/C16H24N2O2.ClH/c1-12(13-6-8-15(20-3)9-7-13)18(2)16(19)14-5-4-10-17-11-14;/h6-9,12,14,17H,4-5,10-11H2,1-3H3;1H. The van der Waals surface area contributed by atoms with Crippen LogP contribution in [0, 0.1) is 5.92 Å². The van der Waals surface area contributed by atoms with E-state index < -0.39 is 0 Å². The largest absolute Gasteiger partial charge is 0.497 e. The van der Waals surface area contributed by atoms with Crippen molar-refractivity contribution in [2.45, 2.75) is 25.8 Å². The number of halogens is 1. The predicted octanol–water partition coefficient (Wildman–Crippen LogP) is 2.64. The molecule has 1 saturated heterocycles. The molecule has 5 heteroatoms. The van der Waals surface area contributed by atoms with Gasteiger partial charge in [-0.25, -0.2) is 0 Å². The van der Waals surface area contributed by atoms with Crippen LogP contribution in [0.2, 0.25) is 0 Å². The number of carbonyl (C=O) groups is 1. The maximum atomic E-state index is 12.5. The van der Waals surface area contributed by atoms with E-state index in [9.17, 15) is 4.79 Å². The van der Waals surface area contributed by atoms with Crippen molar-refractivity contribution in [1.29, 1.82) is 0 Å². The van der Waals surface area contributed by atoms with E-state index in [1.54, 1.807) is 7.11 Å². The Balaban J connectivity index is 0.00000220. The first-order chi connectivity index (χ1) is 9.63. The Kier molecular flexibility index (Phi) is 6.99. The van der Waals surface area contributed by atoms with Crippen LogP contribution in [0.15, 0.2) is 24.3 Å². The molecule has 0 radical (unpaired) electrons. The summed E-state index contributed by atoms with van der Waals surface area (Å²) >= 11 is 0. The lowest BCUT2D eigenvalue weighted by atomic mass is 9.97. The quantitative estimate of drug-likeness (QED) is 0.929. The van der Waals surface area contributed by atoms with Gasteiger partial charge in [0, 0.05) is 13.6 Å². The van der Waals surface area contributed by atoms with Gasteiger partial charge >= 0.3 is 0 Å². The van der Waals surface area contributed by atoms with Gasteiger partial charge in [0.05, 0.1) is 19.1 Å². The van der Waals surface area contributed by atoms with Crippen LogP contribution in [-0.2, 0) is 4.79 Å². The molecule has 2 rings (SSSR count). The second kappa shape index (κ2) is 8.25. The molecule has 1 aliphatic rings. The average Bonchev–Trinajstić information content (AvgIpc) is 2.53. The number of nitrogens with one attached hydrogen (secondary N) is 1. The number of rotatable bonds is 4. The molecule has 1 amide bonds. The Morgan fingerprint density at radius 3 is 2.57 bits per heavy atom. The Morgan fingerprint density at radius 1 is 1.38 bits per heavy atom. The van der Waals surface area contributed by atoms with Crippen LogP contribution in [0.5, 0.6) is 5.75 Å². The van der Waals surface area contributed by atoms with E-state index in [0.717, 1.165) is 37.2 Å². The minimum absolute atomic E-state index is 0. The van der Waals surface area contributed by atoms with Crippen LogP contribution < -0.4 is 10.1 Å². The zero-order valence-electron chi connectivity index (χ0n) is 13.0. The molecule has 1 aromatic rings. The summed E-state index contributed by atoms with van der Waals surface area (Å²) in [5, 5.41) is 3.30. The van der Waals surface area contributed by atoms with E-state index in [-0.39, 0.29) is 30.3 Å². The first kappa shape index (κ1) is 17.8. The normalized spacial score (nSPS) is 19.3. The second-order valence-electron chi connectivity index (χ2n) is 5.44. The molecule has 0 aromatic heterocycles. The van der Waals surface area contributed by atoms with E-state index >= 15 is 0 Å². The average molecular weight is 313 g/mol. The molecular formula is C16H25ClN2O2. The van der Waals surface area contributed by atoms with Crippen molar-refractivity contribution in [2.75, 3.05) is 27.2 Å². The molecule has 118 valence electrons. The minimum atomic E-state index is 0. The van der Waals surface area contributed by atoms with Crippen molar-refractivity contribution in [3.63, 3.8) is 0 Å². The topological polar surface area (TPSA) is 41.6 Å². The molecule has 0 saturated carbocycles. The lowest BCUT2D eigenvalue weighted by molar-refractivity contribution is -0.136. The van der Waals surface area contributed by atoms with E-state index in [0.29, 0.717) is 0 Å². The molecule has 1 fully saturated rings. The number of hydrogen-bond donors (Lipinski definition) is 1. The molecule has 21 heavy (non-hydrogen) atoms. The first-order valence-electron chi connectivity index (χ1n) is 7.25. The van der Waals surface area contributed by atoms with Crippen molar-refractivity contribution in [3.05, 3.63) is 29.8 Å². The molecule has 0 spiro atoms. The van der Waals surface area contributed by atoms with Gasteiger partial charge in [0.15, 0.2) is 0 Å². The SMILES string of the molecule is COc1ccc(C(C)N(C)C(=O)C2CCCNC2)cc1.Cl. The second-order valence-corrected chi connectivity index (χ2v) is 5.44. The minimum Gasteiger partial charge on any atom is -0.497 e. The van der Waals surface area contributed by atoms with Crippen molar-refractivity contribution in [1.82, 2.24) is 10.2 Å². The fourth-order valence-electron chi connectivity index (χ4n) is 2.65. The van der Waals surface area contributed by atoms with Crippen molar-refractivity contribution >= 4 is 18.3 Å². The van der Waals surface area contributed by atoms with Crippen LogP contribution in [0.4, 0.5) is 0 Å². The highest BCUT2D eigenvalue weighted by molar-refractivity contribution is 5.85. The summed E-state index contributed by atoms with van der Waals surface area (Å²) in [6.07, 6.45) is 2.08. The summed E-state index contributed by atoms with van der Waals surface area (Å²) in [6, 6.07) is 7.99. The Hall–Kier alpha value is -1.26. The summed E-state index contributed by atoms with van der Waals surface area (Å²) in [5.74, 6) is 1.20. The maximum Gasteiger partial charge on any atom is 0.227 e. The molecule has 1 aromatic carbocycles. The Labute approximate surface area is 133 Å². The summed E-state index contributed by atoms with van der Waals surface area (Å²) in [4.78, 5) is 14.4. The monoisotopic (exact) mass is 312 g/mol. The molecule has 1 N–H and O–H groups in total. The number of benzene rings is 1. The summed E-state index contributed by atoms with van der Waals surface area (Å²) < 4.78 is 5.16. The van der Waals surface area contributed by atoms with Gasteiger partial charge in [-0.1, -0.05) is 12.1 Å². The highest BCUT2D eigenvalue weighted by atomic mass is 35.5. The van der Waals surface area contributed by atoms with Crippen LogP contribution >= 0.6 is 12.4 Å². The zero-order valence-corrected chi connectivity index (χ0v) is 13.8. The van der Waals surface area contributed by atoms with Gasteiger partial charge in [0.25, 0.3) is 0 Å². The molecule has 1 heterocycles. The number of amides is 1. The molecule has 0 bridgehead atoms.